The lowest BCUT2D eigenvalue weighted by Crippen LogP contribution is -2.37. The molecule has 2 N–H and O–H groups in total. The molecule has 0 fully saturated rings. The summed E-state index contributed by atoms with van der Waals surface area (Å²) in [7, 11) is 0. The van der Waals surface area contributed by atoms with Gasteiger partial charge in [0.25, 0.3) is 0 Å². The lowest BCUT2D eigenvalue weighted by molar-refractivity contribution is -0.136. The van der Waals surface area contributed by atoms with Crippen LogP contribution in [0.3, 0.4) is 0 Å². The molecule has 0 spiro atoms. The highest BCUT2D eigenvalue weighted by atomic mass is 16.2. The second kappa shape index (κ2) is 8.38. The first kappa shape index (κ1) is 19.2. The second-order valence-electron chi connectivity index (χ2n) is 7.37. The summed E-state index contributed by atoms with van der Waals surface area (Å²) < 4.78 is 0. The van der Waals surface area contributed by atoms with Gasteiger partial charge in [0.15, 0.2) is 0 Å². The molecule has 1 unspecified atom stereocenters. The van der Waals surface area contributed by atoms with Crippen LogP contribution in [0.1, 0.15) is 60.0 Å². The maximum atomic E-state index is 12.5. The molecule has 142 valence electrons. The van der Waals surface area contributed by atoms with E-state index in [0.29, 0.717) is 5.69 Å². The number of nitrogens with one attached hydrogen (secondary N) is 2. The molecular weight excluding hydrogens is 336 g/mol. The van der Waals surface area contributed by atoms with Crippen LogP contribution in [0.4, 0.5) is 5.69 Å². The zero-order chi connectivity index (χ0) is 19.4. The summed E-state index contributed by atoms with van der Waals surface area (Å²) >= 11 is 0. The van der Waals surface area contributed by atoms with Crippen molar-refractivity contribution in [1.29, 1.82) is 0 Å². The quantitative estimate of drug-likeness (QED) is 0.791. The highest BCUT2D eigenvalue weighted by Crippen LogP contribution is 2.26. The van der Waals surface area contributed by atoms with Gasteiger partial charge < -0.3 is 10.6 Å². The van der Waals surface area contributed by atoms with Crippen molar-refractivity contribution in [2.75, 3.05) is 5.32 Å². The zero-order valence-electron chi connectivity index (χ0n) is 16.4. The van der Waals surface area contributed by atoms with Crippen molar-refractivity contribution in [2.45, 2.75) is 58.9 Å². The fourth-order valence-electron chi connectivity index (χ4n) is 3.68. The van der Waals surface area contributed by atoms with E-state index in [1.807, 2.05) is 39.0 Å². The van der Waals surface area contributed by atoms with Crippen molar-refractivity contribution in [1.82, 2.24) is 5.32 Å². The minimum absolute atomic E-state index is 0.158. The predicted octanol–water partition coefficient (Wildman–Crippen LogP) is 4.39. The molecule has 0 radical (unpaired) electrons. The number of hydrogen-bond donors (Lipinski definition) is 2. The molecule has 4 nitrogen and oxygen atoms in total. The molecule has 1 aliphatic carbocycles. The maximum Gasteiger partial charge on any atom is 0.313 e. The largest absolute Gasteiger partial charge is 0.341 e. The van der Waals surface area contributed by atoms with E-state index in [4.69, 9.17) is 0 Å². The van der Waals surface area contributed by atoms with Gasteiger partial charge in [0.05, 0.1) is 6.04 Å². The first-order chi connectivity index (χ1) is 13.0. The number of aryl methyl sites for hydroxylation is 3. The Hall–Kier alpha value is -2.62. The van der Waals surface area contributed by atoms with Crippen LogP contribution in [0.15, 0.2) is 36.4 Å². The summed E-state index contributed by atoms with van der Waals surface area (Å²) in [6.07, 6.45) is 5.44. The second-order valence-corrected chi connectivity index (χ2v) is 7.37. The predicted molar refractivity (Wildman–Crippen MR) is 109 cm³/mol. The van der Waals surface area contributed by atoms with E-state index in [0.717, 1.165) is 36.0 Å². The minimum Gasteiger partial charge on any atom is -0.341 e. The van der Waals surface area contributed by atoms with Gasteiger partial charge in [0.1, 0.15) is 0 Å². The normalized spacial score (nSPS) is 14.2. The van der Waals surface area contributed by atoms with Gasteiger partial charge >= 0.3 is 11.8 Å². The number of anilines is 1. The molecule has 2 aromatic rings. The number of amides is 2. The van der Waals surface area contributed by atoms with E-state index >= 15 is 0 Å². The van der Waals surface area contributed by atoms with E-state index < -0.39 is 11.8 Å². The van der Waals surface area contributed by atoms with Crippen LogP contribution < -0.4 is 10.6 Å². The van der Waals surface area contributed by atoms with Crippen molar-refractivity contribution in [2.24, 2.45) is 0 Å². The Bertz CT molecular complexity index is 857. The average molecular weight is 364 g/mol. The molecular formula is C23H28N2O2. The Morgan fingerprint density at radius 2 is 1.74 bits per heavy atom. The fraction of sp³-hybridized carbons (Fsp3) is 0.391. The molecule has 0 heterocycles. The fourth-order valence-corrected chi connectivity index (χ4v) is 3.68. The minimum atomic E-state index is -0.625. The summed E-state index contributed by atoms with van der Waals surface area (Å²) in [5, 5.41) is 5.62. The van der Waals surface area contributed by atoms with Gasteiger partial charge in [-0.3, -0.25) is 9.59 Å². The summed E-state index contributed by atoms with van der Waals surface area (Å²) in [5.74, 6) is -1.22. The Balaban J connectivity index is 1.69. The number of carbonyl (C=O) groups is 2. The topological polar surface area (TPSA) is 58.2 Å². The van der Waals surface area contributed by atoms with Crippen LogP contribution in [0.25, 0.3) is 0 Å². The first-order valence-corrected chi connectivity index (χ1v) is 9.79. The smallest absolute Gasteiger partial charge is 0.313 e. The third-order valence-corrected chi connectivity index (χ3v) is 5.55. The van der Waals surface area contributed by atoms with E-state index in [1.54, 1.807) is 0 Å². The highest BCUT2D eigenvalue weighted by Gasteiger charge is 2.21. The Morgan fingerprint density at radius 3 is 2.48 bits per heavy atom. The lowest BCUT2D eigenvalue weighted by Gasteiger charge is -2.21. The van der Waals surface area contributed by atoms with Crippen LogP contribution in [0.5, 0.6) is 0 Å². The summed E-state index contributed by atoms with van der Waals surface area (Å²) in [5.41, 5.74) is 6.60. The van der Waals surface area contributed by atoms with Gasteiger partial charge in [0, 0.05) is 5.69 Å². The van der Waals surface area contributed by atoms with E-state index in [9.17, 15) is 9.59 Å². The van der Waals surface area contributed by atoms with Crippen molar-refractivity contribution >= 4 is 17.5 Å². The summed E-state index contributed by atoms with van der Waals surface area (Å²) in [4.78, 5) is 24.8. The molecule has 0 saturated heterocycles. The average Bonchev–Trinajstić information content (AvgIpc) is 2.69. The van der Waals surface area contributed by atoms with Crippen molar-refractivity contribution in [3.05, 3.63) is 64.2 Å². The number of rotatable bonds is 4. The van der Waals surface area contributed by atoms with Crippen LogP contribution in [-0.4, -0.2) is 11.8 Å². The van der Waals surface area contributed by atoms with Crippen LogP contribution in [0, 0.1) is 13.8 Å². The third-order valence-electron chi connectivity index (χ3n) is 5.55. The van der Waals surface area contributed by atoms with Crippen molar-refractivity contribution < 1.29 is 9.59 Å². The van der Waals surface area contributed by atoms with Gasteiger partial charge in [-0.05, 0) is 79.8 Å². The molecule has 2 amide bonds. The molecule has 27 heavy (non-hydrogen) atoms. The number of hydrogen-bond acceptors (Lipinski definition) is 2. The van der Waals surface area contributed by atoms with Crippen LogP contribution in [-0.2, 0) is 22.4 Å². The Labute approximate surface area is 161 Å². The number of benzene rings is 2. The number of fused-ring (bicyclic) bond motifs is 1. The third kappa shape index (κ3) is 4.38. The Morgan fingerprint density at radius 1 is 1.00 bits per heavy atom. The molecule has 3 rings (SSSR count). The molecule has 2 aromatic carbocycles. The van der Waals surface area contributed by atoms with Gasteiger partial charge in [-0.15, -0.1) is 0 Å². The SMILES string of the molecule is CCC(NC(=O)C(=O)Nc1cccc(C)c1C)c1ccc2c(c1)CCCC2. The lowest BCUT2D eigenvalue weighted by atomic mass is 9.89. The molecule has 0 bridgehead atoms. The number of carbonyl (C=O) groups excluding carboxylic acids is 2. The summed E-state index contributed by atoms with van der Waals surface area (Å²) in [6, 6.07) is 12.0. The van der Waals surface area contributed by atoms with Gasteiger partial charge in [-0.2, -0.15) is 0 Å². The molecule has 0 saturated carbocycles. The van der Waals surface area contributed by atoms with Gasteiger partial charge in [0.2, 0.25) is 0 Å². The van der Waals surface area contributed by atoms with Crippen LogP contribution in [0.2, 0.25) is 0 Å². The molecule has 0 aliphatic heterocycles. The summed E-state index contributed by atoms with van der Waals surface area (Å²) in [6.45, 7) is 5.94. The van der Waals surface area contributed by atoms with Gasteiger partial charge in [-0.25, -0.2) is 0 Å². The van der Waals surface area contributed by atoms with Crippen molar-refractivity contribution in [3.8, 4) is 0 Å². The molecule has 1 atom stereocenters. The standard InChI is InChI=1S/C23H28N2O2/c1-4-20(19-13-12-17-9-5-6-10-18(17)14-19)24-22(26)23(27)25-21-11-7-8-15(2)16(21)3/h7-8,11-14,20H,4-6,9-10H2,1-3H3,(H,24,26)(H,25,27). The molecule has 0 aromatic heterocycles. The van der Waals surface area contributed by atoms with Crippen LogP contribution >= 0.6 is 0 Å². The van der Waals surface area contributed by atoms with Crippen molar-refractivity contribution in [3.63, 3.8) is 0 Å². The molecule has 1 aliphatic rings. The van der Waals surface area contributed by atoms with E-state index in [-0.39, 0.29) is 6.04 Å². The highest BCUT2D eigenvalue weighted by molar-refractivity contribution is 6.39. The van der Waals surface area contributed by atoms with E-state index in [2.05, 4.69) is 28.8 Å². The molecule has 4 heteroatoms. The van der Waals surface area contributed by atoms with E-state index in [1.165, 1.54) is 24.0 Å². The zero-order valence-corrected chi connectivity index (χ0v) is 16.4. The first-order valence-electron chi connectivity index (χ1n) is 9.79. The Kier molecular flexibility index (Phi) is 5.94. The monoisotopic (exact) mass is 364 g/mol. The maximum absolute atomic E-state index is 12.5. The van der Waals surface area contributed by atoms with Gasteiger partial charge in [-0.1, -0.05) is 37.3 Å².